The summed E-state index contributed by atoms with van der Waals surface area (Å²) in [6.07, 6.45) is -10.4. The number of halogens is 6. The van der Waals surface area contributed by atoms with Gasteiger partial charge in [0.2, 0.25) is 0 Å². The second-order valence-corrected chi connectivity index (χ2v) is 19.1. The zero-order chi connectivity index (χ0) is 55.6. The Morgan fingerprint density at radius 1 is 0.300 bits per heavy atom. The number of aromatic nitrogens is 2. The third-order valence-electron chi connectivity index (χ3n) is 14.5. The molecule has 2 aromatic heterocycles. The molecule has 0 spiro atoms. The highest BCUT2D eigenvalue weighted by atomic mass is 19.4. The first-order chi connectivity index (χ1) is 38.7. The lowest BCUT2D eigenvalue weighted by Gasteiger charge is -2.21. The van der Waals surface area contributed by atoms with E-state index in [0.717, 1.165) is 50.6 Å². The maximum Gasteiger partial charge on any atom is 0.417 e. The van der Waals surface area contributed by atoms with Crippen molar-refractivity contribution in [3.8, 4) is 97.4 Å². The third-order valence-corrected chi connectivity index (χ3v) is 14.5. The number of rotatable bonds is 7. The van der Waals surface area contributed by atoms with Crippen molar-refractivity contribution in [2.45, 2.75) is 12.4 Å². The largest absolute Gasteiger partial charge is 0.417 e. The van der Waals surface area contributed by atoms with E-state index in [1.807, 2.05) is 97.1 Å². The van der Waals surface area contributed by atoms with Crippen LogP contribution >= 0.6 is 0 Å². The van der Waals surface area contributed by atoms with Crippen molar-refractivity contribution in [2.24, 2.45) is 0 Å². The number of hydrogen-bond acceptors (Lipinski definition) is 5. The highest BCUT2D eigenvalue weighted by Gasteiger charge is 2.39. The molecule has 10 aromatic carbocycles. The summed E-state index contributed by atoms with van der Waals surface area (Å²) < 4.78 is 92.8. The minimum Gasteiger partial charge on any atom is -0.308 e. The van der Waals surface area contributed by atoms with Gasteiger partial charge in [-0.05, 0) is 177 Å². The van der Waals surface area contributed by atoms with Crippen molar-refractivity contribution in [2.75, 3.05) is 0 Å². The summed E-state index contributed by atoms with van der Waals surface area (Å²) in [5, 5.41) is 53.6. The SMILES string of the molecule is N#Cc1cccc(-c2ccc3c(c2)c2cc(-c4cccc(C#N)c4)ccc2n3-c2cc(-c3ccc(C(F)(F)F)cc3C(F)(F)F)cc(-n3c4ccc(-c5cccc(C#N)c5)cc4c4cc(-c5cccc(C#N)c5)ccc43)c2C#N)c1. The highest BCUT2D eigenvalue weighted by Crippen LogP contribution is 2.46. The van der Waals surface area contributed by atoms with Gasteiger partial charge in [0, 0.05) is 21.5 Å². The van der Waals surface area contributed by atoms with Crippen molar-refractivity contribution >= 4 is 43.6 Å². The number of nitrogens with zero attached hydrogens (tertiary/aromatic N) is 7. The Morgan fingerprint density at radius 3 is 0.912 bits per heavy atom. The lowest BCUT2D eigenvalue weighted by Crippen LogP contribution is -2.12. The van der Waals surface area contributed by atoms with E-state index in [0.29, 0.717) is 71.9 Å². The lowest BCUT2D eigenvalue weighted by molar-refractivity contribution is -0.142. The normalized spacial score (nSPS) is 11.6. The van der Waals surface area contributed by atoms with E-state index < -0.39 is 29.0 Å². The molecule has 0 aliphatic heterocycles. The van der Waals surface area contributed by atoms with Gasteiger partial charge in [-0.2, -0.15) is 52.7 Å². The van der Waals surface area contributed by atoms with Crippen LogP contribution in [-0.4, -0.2) is 9.13 Å². The Hall–Kier alpha value is -11.2. The molecule has 0 bridgehead atoms. The summed E-state index contributed by atoms with van der Waals surface area (Å²) in [4.78, 5) is 0. The zero-order valence-corrected chi connectivity index (χ0v) is 41.5. The molecule has 0 saturated carbocycles. The molecule has 0 saturated heterocycles. The van der Waals surface area contributed by atoms with Crippen molar-refractivity contribution in [3.63, 3.8) is 0 Å². The van der Waals surface area contributed by atoms with Gasteiger partial charge in [-0.1, -0.05) is 78.9 Å². The van der Waals surface area contributed by atoms with Crippen LogP contribution in [0.1, 0.15) is 38.9 Å². The first-order valence-electron chi connectivity index (χ1n) is 24.7. The predicted molar refractivity (Wildman–Crippen MR) is 296 cm³/mol. The Balaban J connectivity index is 1.21. The fraction of sp³-hybridized carbons (Fsp3) is 0.0299. The van der Waals surface area contributed by atoms with E-state index >= 15 is 13.2 Å². The Kier molecular flexibility index (Phi) is 11.9. The molecule has 80 heavy (non-hydrogen) atoms. The van der Waals surface area contributed by atoms with E-state index in [9.17, 15) is 39.5 Å². The summed E-state index contributed by atoms with van der Waals surface area (Å²) in [5.74, 6) is 0. The Labute approximate surface area is 452 Å². The van der Waals surface area contributed by atoms with E-state index in [1.165, 1.54) is 12.1 Å². The van der Waals surface area contributed by atoms with Crippen LogP contribution in [-0.2, 0) is 12.4 Å². The average Bonchev–Trinajstić information content (AvgIpc) is 4.23. The van der Waals surface area contributed by atoms with Crippen LogP contribution in [0, 0.1) is 56.7 Å². The smallest absolute Gasteiger partial charge is 0.308 e. The molecule has 12 rings (SSSR count). The van der Waals surface area contributed by atoms with Crippen molar-refractivity contribution in [1.29, 1.82) is 26.3 Å². The van der Waals surface area contributed by atoms with Gasteiger partial charge < -0.3 is 9.13 Å². The molecule has 0 N–H and O–H groups in total. The molecule has 0 amide bonds. The van der Waals surface area contributed by atoms with Gasteiger partial charge in [-0.25, -0.2) is 0 Å². The van der Waals surface area contributed by atoms with Crippen LogP contribution in [0.25, 0.3) is 111 Å². The van der Waals surface area contributed by atoms with Gasteiger partial charge >= 0.3 is 12.4 Å². The lowest BCUT2D eigenvalue weighted by atomic mass is 9.94. The molecule has 0 aliphatic carbocycles. The molecule has 2 heterocycles. The van der Waals surface area contributed by atoms with Gasteiger partial charge in [-0.3, -0.25) is 0 Å². The summed E-state index contributed by atoms with van der Waals surface area (Å²) in [7, 11) is 0. The Bertz CT molecular complexity index is 4340. The summed E-state index contributed by atoms with van der Waals surface area (Å²) >= 11 is 0. The molecule has 0 aliphatic rings. The minimum absolute atomic E-state index is 0.0000110. The van der Waals surface area contributed by atoms with Gasteiger partial charge in [0.25, 0.3) is 0 Å². The molecule has 12 aromatic rings. The van der Waals surface area contributed by atoms with Crippen LogP contribution in [0.3, 0.4) is 0 Å². The molecule has 0 radical (unpaired) electrons. The predicted octanol–water partition coefficient (Wildman–Crippen LogP) is 17.6. The van der Waals surface area contributed by atoms with E-state index in [1.54, 1.807) is 81.9 Å². The second-order valence-electron chi connectivity index (χ2n) is 19.1. The summed E-state index contributed by atoms with van der Waals surface area (Å²) in [5.41, 5.74) is 6.01. The number of benzene rings is 10. The maximum atomic E-state index is 15.4. The quantitative estimate of drug-likeness (QED) is 0.147. The monoisotopic (exact) mass is 1050 g/mol. The van der Waals surface area contributed by atoms with Gasteiger partial charge in [0.05, 0.1) is 91.1 Å². The van der Waals surface area contributed by atoms with Crippen LogP contribution in [0.2, 0.25) is 0 Å². The highest BCUT2D eigenvalue weighted by molar-refractivity contribution is 6.14. The topological polar surface area (TPSA) is 129 Å². The van der Waals surface area contributed by atoms with E-state index in [-0.39, 0.29) is 28.6 Å². The fourth-order valence-electron chi connectivity index (χ4n) is 10.8. The summed E-state index contributed by atoms with van der Waals surface area (Å²) in [6, 6.07) is 66.0. The van der Waals surface area contributed by atoms with Crippen LogP contribution in [0.5, 0.6) is 0 Å². The zero-order valence-electron chi connectivity index (χ0n) is 41.5. The van der Waals surface area contributed by atoms with Crippen LogP contribution in [0.4, 0.5) is 26.3 Å². The maximum absolute atomic E-state index is 15.4. The Morgan fingerprint density at radius 2 is 0.625 bits per heavy atom. The average molecular weight is 1050 g/mol. The van der Waals surface area contributed by atoms with Crippen molar-refractivity contribution in [3.05, 3.63) is 239 Å². The number of nitriles is 5. The molecule has 378 valence electrons. The molecule has 0 unspecified atom stereocenters. The molecular formula is C67H33F6N7. The van der Waals surface area contributed by atoms with Crippen LogP contribution in [0.15, 0.2) is 200 Å². The van der Waals surface area contributed by atoms with E-state index in [2.05, 4.69) is 30.3 Å². The van der Waals surface area contributed by atoms with Gasteiger partial charge in [0.15, 0.2) is 0 Å². The molecule has 7 nitrogen and oxygen atoms in total. The first kappa shape index (κ1) is 49.7. The molecule has 13 heteroatoms. The first-order valence-corrected chi connectivity index (χ1v) is 24.7. The van der Waals surface area contributed by atoms with Gasteiger partial charge in [0.1, 0.15) is 11.6 Å². The fourth-order valence-corrected chi connectivity index (χ4v) is 10.8. The number of hydrogen-bond donors (Lipinski definition) is 0. The standard InChI is InChI=1S/C67H33F6N7/c68-66(69,70)52-17-18-53(59(33-52)67(71,72)73)51-31-64(79-60-19-13-47(43-9-1-5-39(23-43)34-74)27-54(60)55-28-48(14-20-61(55)79)44-10-2-6-40(24-44)35-75)58(38-78)65(32-51)80-62-21-15-49(45-11-3-7-41(25-45)36-76)29-56(62)57-30-50(16-22-63(57)80)46-12-4-8-42(26-46)37-77/h1-33H. The molecule has 0 fully saturated rings. The minimum atomic E-state index is -5.28. The molecule has 0 atom stereocenters. The van der Waals surface area contributed by atoms with Crippen molar-refractivity contribution in [1.82, 2.24) is 9.13 Å². The third kappa shape index (κ3) is 8.57. The van der Waals surface area contributed by atoms with Crippen molar-refractivity contribution < 1.29 is 26.3 Å². The van der Waals surface area contributed by atoms with Gasteiger partial charge in [-0.15, -0.1) is 0 Å². The number of alkyl halides is 6. The van der Waals surface area contributed by atoms with E-state index in [4.69, 9.17) is 0 Å². The molecular weight excluding hydrogens is 1020 g/mol. The second kappa shape index (κ2) is 19.1. The van der Waals surface area contributed by atoms with Crippen LogP contribution < -0.4 is 0 Å². The summed E-state index contributed by atoms with van der Waals surface area (Å²) in [6.45, 7) is 0. The number of fused-ring (bicyclic) bond motifs is 6.